The van der Waals surface area contributed by atoms with Crippen LogP contribution in [0, 0.1) is 25.2 Å². The average molecular weight is 439 g/mol. The maximum atomic E-state index is 12.4. The van der Waals surface area contributed by atoms with E-state index in [2.05, 4.69) is 25.8 Å². The molecule has 0 amide bonds. The van der Waals surface area contributed by atoms with Gasteiger partial charge in [-0.15, -0.1) is 0 Å². The third-order valence-electron chi connectivity index (χ3n) is 4.67. The Kier molecular flexibility index (Phi) is 6.53. The van der Waals surface area contributed by atoms with Crippen molar-refractivity contribution in [3.63, 3.8) is 0 Å². The number of hydrogen-bond acceptors (Lipinski definition) is 7. The first-order valence-electron chi connectivity index (χ1n) is 9.49. The minimum atomic E-state index is -3.75. The molecule has 2 N–H and O–H groups in total. The first kappa shape index (κ1) is 22.2. The van der Waals surface area contributed by atoms with Gasteiger partial charge in [0.15, 0.2) is 0 Å². The standard InChI is InChI=1S/C22H22N4O4S/c1-14-10-15(2)20-17(11-14)12-18(13-23)21(26-20)24-8-9-25-31(28,29)19-6-4-16(5-7-19)22(27)30-3/h4-7,10-12,25H,8-9H2,1-3H3,(H,24,26). The third-order valence-corrected chi connectivity index (χ3v) is 6.15. The summed E-state index contributed by atoms with van der Waals surface area (Å²) >= 11 is 0. The average Bonchev–Trinajstić information content (AvgIpc) is 2.75. The Labute approximate surface area is 180 Å². The molecule has 0 spiro atoms. The number of benzene rings is 2. The van der Waals surface area contributed by atoms with Gasteiger partial charge in [-0.3, -0.25) is 0 Å². The second-order valence-corrected chi connectivity index (χ2v) is 8.76. The van der Waals surface area contributed by atoms with Gasteiger partial charge in [-0.1, -0.05) is 11.6 Å². The van der Waals surface area contributed by atoms with Gasteiger partial charge in [0.1, 0.15) is 11.9 Å². The molecule has 160 valence electrons. The maximum Gasteiger partial charge on any atom is 0.337 e. The van der Waals surface area contributed by atoms with Crippen LogP contribution >= 0.6 is 0 Å². The zero-order valence-corrected chi connectivity index (χ0v) is 18.2. The number of pyridine rings is 1. The second-order valence-electron chi connectivity index (χ2n) is 6.99. The molecule has 0 aliphatic rings. The number of anilines is 1. The Morgan fingerprint density at radius 3 is 2.48 bits per heavy atom. The summed E-state index contributed by atoms with van der Waals surface area (Å²) in [5.41, 5.74) is 3.53. The lowest BCUT2D eigenvalue weighted by molar-refractivity contribution is 0.0600. The largest absolute Gasteiger partial charge is 0.465 e. The Bertz CT molecular complexity index is 1280. The van der Waals surface area contributed by atoms with Crippen LogP contribution in [0.15, 0.2) is 47.4 Å². The van der Waals surface area contributed by atoms with E-state index in [0.29, 0.717) is 11.4 Å². The molecule has 9 heteroatoms. The number of ether oxygens (including phenoxy) is 1. The normalized spacial score (nSPS) is 11.2. The van der Waals surface area contributed by atoms with Gasteiger partial charge in [0, 0.05) is 18.5 Å². The molecule has 0 radical (unpaired) electrons. The first-order chi connectivity index (χ1) is 14.7. The van der Waals surface area contributed by atoms with Crippen molar-refractivity contribution >= 4 is 32.7 Å². The Morgan fingerprint density at radius 1 is 1.13 bits per heavy atom. The van der Waals surface area contributed by atoms with Crippen molar-refractivity contribution in [1.82, 2.24) is 9.71 Å². The zero-order chi connectivity index (χ0) is 22.6. The molecule has 0 saturated carbocycles. The predicted octanol–water partition coefficient (Wildman–Crippen LogP) is 2.90. The van der Waals surface area contributed by atoms with E-state index in [1.807, 2.05) is 26.0 Å². The number of nitrogens with zero attached hydrogens (tertiary/aromatic N) is 2. The monoisotopic (exact) mass is 438 g/mol. The zero-order valence-electron chi connectivity index (χ0n) is 17.4. The summed E-state index contributed by atoms with van der Waals surface area (Å²) in [5.74, 6) is -0.133. The fraction of sp³-hybridized carbons (Fsp3) is 0.227. The number of carbonyl (C=O) groups is 1. The molecule has 1 aromatic heterocycles. The highest BCUT2D eigenvalue weighted by Crippen LogP contribution is 2.24. The van der Waals surface area contributed by atoms with Crippen LogP contribution in [0.2, 0.25) is 0 Å². The molecule has 3 rings (SSSR count). The van der Waals surface area contributed by atoms with Crippen LogP contribution in [0.5, 0.6) is 0 Å². The number of methoxy groups -OCH3 is 1. The lowest BCUT2D eigenvalue weighted by Crippen LogP contribution is -2.29. The molecule has 0 bridgehead atoms. The van der Waals surface area contributed by atoms with Crippen LogP contribution in [0.1, 0.15) is 27.0 Å². The van der Waals surface area contributed by atoms with Crippen molar-refractivity contribution in [2.75, 3.05) is 25.5 Å². The SMILES string of the molecule is COC(=O)c1ccc(S(=O)(=O)NCCNc2nc3c(C)cc(C)cc3cc2C#N)cc1. The van der Waals surface area contributed by atoms with Gasteiger partial charge >= 0.3 is 5.97 Å². The van der Waals surface area contributed by atoms with Gasteiger partial charge in [-0.25, -0.2) is 22.9 Å². The summed E-state index contributed by atoms with van der Waals surface area (Å²) < 4.78 is 32.0. The molecule has 0 unspecified atom stereocenters. The molecule has 3 aromatic rings. The van der Waals surface area contributed by atoms with E-state index in [1.165, 1.54) is 31.4 Å². The second kappa shape index (κ2) is 9.12. The van der Waals surface area contributed by atoms with Crippen molar-refractivity contribution in [3.8, 4) is 6.07 Å². The molecule has 0 fully saturated rings. The van der Waals surface area contributed by atoms with Crippen LogP contribution in [-0.4, -0.2) is 39.6 Å². The van der Waals surface area contributed by atoms with Crippen molar-refractivity contribution in [2.24, 2.45) is 0 Å². The van der Waals surface area contributed by atoms with Crippen LogP contribution in [0.25, 0.3) is 10.9 Å². The number of sulfonamides is 1. The number of rotatable bonds is 7. The van der Waals surface area contributed by atoms with Crippen LogP contribution in [-0.2, 0) is 14.8 Å². The van der Waals surface area contributed by atoms with E-state index in [-0.39, 0.29) is 23.5 Å². The molecule has 8 nitrogen and oxygen atoms in total. The lowest BCUT2D eigenvalue weighted by Gasteiger charge is -2.12. The van der Waals surface area contributed by atoms with Crippen molar-refractivity contribution in [1.29, 1.82) is 5.26 Å². The van der Waals surface area contributed by atoms with E-state index in [4.69, 9.17) is 0 Å². The number of esters is 1. The summed E-state index contributed by atoms with van der Waals surface area (Å²) in [6.07, 6.45) is 0. The molecule has 0 aliphatic carbocycles. The number of aromatic nitrogens is 1. The Morgan fingerprint density at radius 2 is 1.84 bits per heavy atom. The molecular weight excluding hydrogens is 416 g/mol. The van der Waals surface area contributed by atoms with Crippen LogP contribution < -0.4 is 10.0 Å². The van der Waals surface area contributed by atoms with E-state index >= 15 is 0 Å². The predicted molar refractivity (Wildman–Crippen MR) is 117 cm³/mol. The minimum Gasteiger partial charge on any atom is -0.465 e. The molecule has 0 aliphatic heterocycles. The van der Waals surface area contributed by atoms with Gasteiger partial charge in [-0.2, -0.15) is 5.26 Å². The number of hydrogen-bond donors (Lipinski definition) is 2. The quantitative estimate of drug-likeness (QED) is 0.430. The molecule has 1 heterocycles. The first-order valence-corrected chi connectivity index (χ1v) is 11.0. The van der Waals surface area contributed by atoms with Gasteiger partial charge in [0.2, 0.25) is 10.0 Å². The van der Waals surface area contributed by atoms with Gasteiger partial charge in [0.25, 0.3) is 0 Å². The van der Waals surface area contributed by atoms with Gasteiger partial charge in [0.05, 0.1) is 28.6 Å². The molecular formula is C22H22N4O4S. The molecule has 2 aromatic carbocycles. The Hall–Kier alpha value is -3.48. The fourth-order valence-corrected chi connectivity index (χ4v) is 4.24. The smallest absolute Gasteiger partial charge is 0.337 e. The third kappa shape index (κ3) is 4.99. The highest BCUT2D eigenvalue weighted by Gasteiger charge is 2.15. The molecule has 0 saturated heterocycles. The van der Waals surface area contributed by atoms with Crippen molar-refractivity contribution in [2.45, 2.75) is 18.7 Å². The lowest BCUT2D eigenvalue weighted by atomic mass is 10.1. The van der Waals surface area contributed by atoms with E-state index < -0.39 is 16.0 Å². The maximum absolute atomic E-state index is 12.4. The minimum absolute atomic E-state index is 0.0349. The number of nitrogens with one attached hydrogen (secondary N) is 2. The van der Waals surface area contributed by atoms with E-state index in [0.717, 1.165) is 22.0 Å². The summed E-state index contributed by atoms with van der Waals surface area (Å²) in [4.78, 5) is 16.1. The van der Waals surface area contributed by atoms with Gasteiger partial charge in [-0.05, 0) is 55.8 Å². The summed E-state index contributed by atoms with van der Waals surface area (Å²) in [6, 6.07) is 13.4. The van der Waals surface area contributed by atoms with Crippen LogP contribution in [0.4, 0.5) is 5.82 Å². The summed E-state index contributed by atoms with van der Waals surface area (Å²) in [6.45, 7) is 4.26. The molecule has 0 atom stereocenters. The highest BCUT2D eigenvalue weighted by atomic mass is 32.2. The number of carbonyl (C=O) groups excluding carboxylic acids is 1. The number of fused-ring (bicyclic) bond motifs is 1. The molecule has 31 heavy (non-hydrogen) atoms. The van der Waals surface area contributed by atoms with E-state index in [9.17, 15) is 18.5 Å². The summed E-state index contributed by atoms with van der Waals surface area (Å²) in [7, 11) is -2.50. The Balaban J connectivity index is 1.68. The van der Waals surface area contributed by atoms with Gasteiger partial charge < -0.3 is 10.1 Å². The summed E-state index contributed by atoms with van der Waals surface area (Å²) in [5, 5.41) is 13.4. The van der Waals surface area contributed by atoms with Crippen molar-refractivity contribution in [3.05, 3.63) is 64.7 Å². The fourth-order valence-electron chi connectivity index (χ4n) is 3.21. The topological polar surface area (TPSA) is 121 Å². The number of aryl methyl sites for hydroxylation is 2. The van der Waals surface area contributed by atoms with Crippen molar-refractivity contribution < 1.29 is 17.9 Å². The van der Waals surface area contributed by atoms with E-state index in [1.54, 1.807) is 6.07 Å². The highest BCUT2D eigenvalue weighted by molar-refractivity contribution is 7.89. The number of nitriles is 1. The van der Waals surface area contributed by atoms with Crippen LogP contribution in [0.3, 0.4) is 0 Å².